The molecule has 11 heavy (non-hydrogen) atoms. The second-order valence-corrected chi connectivity index (χ2v) is 2.67. The molecule has 1 unspecified atom stereocenters. The first kappa shape index (κ1) is 6.86. The van der Waals surface area contributed by atoms with Gasteiger partial charge < -0.3 is 9.47 Å². The SMILES string of the molecule is C1=CC=CC=1COCC1CO1. The second kappa shape index (κ2) is 3.05. The van der Waals surface area contributed by atoms with Crippen LogP contribution in [0.1, 0.15) is 0 Å². The van der Waals surface area contributed by atoms with Crippen LogP contribution in [0.5, 0.6) is 0 Å². The Balaban J connectivity index is 1.65. The van der Waals surface area contributed by atoms with Gasteiger partial charge in [-0.1, -0.05) is 6.08 Å². The molecule has 0 aromatic rings. The number of epoxide rings is 1. The minimum absolute atomic E-state index is 0.366. The first-order chi connectivity index (χ1) is 5.45. The summed E-state index contributed by atoms with van der Waals surface area (Å²) in [4.78, 5) is 0. The van der Waals surface area contributed by atoms with Crippen LogP contribution in [0.2, 0.25) is 0 Å². The normalized spacial score (nSPS) is 25.8. The highest BCUT2D eigenvalue weighted by atomic mass is 16.6. The molecule has 0 N–H and O–H groups in total. The molecular formula is C9H10O2. The maximum absolute atomic E-state index is 5.35. The first-order valence-corrected chi connectivity index (χ1v) is 3.77. The zero-order valence-corrected chi connectivity index (χ0v) is 6.25. The smallest absolute Gasteiger partial charge is 0.104 e. The maximum atomic E-state index is 5.35. The number of ether oxygens (including phenoxy) is 2. The first-order valence-electron chi connectivity index (χ1n) is 3.77. The predicted octanol–water partition coefficient (Wildman–Crippen LogP) is 1.05. The Morgan fingerprint density at radius 2 is 2.64 bits per heavy atom. The van der Waals surface area contributed by atoms with E-state index in [-0.39, 0.29) is 0 Å². The lowest BCUT2D eigenvalue weighted by molar-refractivity contribution is 0.137. The van der Waals surface area contributed by atoms with Gasteiger partial charge in [-0.15, -0.1) is 5.73 Å². The third-order valence-corrected chi connectivity index (χ3v) is 1.63. The van der Waals surface area contributed by atoms with E-state index in [1.807, 2.05) is 18.2 Å². The molecule has 1 atom stereocenters. The Kier molecular flexibility index (Phi) is 1.91. The van der Waals surface area contributed by atoms with Crippen LogP contribution in [-0.4, -0.2) is 25.9 Å². The number of allylic oxidation sites excluding steroid dienone is 1. The quantitative estimate of drug-likeness (QED) is 0.441. The molecule has 0 amide bonds. The Labute approximate surface area is 65.8 Å². The predicted molar refractivity (Wildman–Crippen MR) is 41.3 cm³/mol. The summed E-state index contributed by atoms with van der Waals surface area (Å²) in [5.74, 6) is 0. The van der Waals surface area contributed by atoms with Crippen LogP contribution >= 0.6 is 0 Å². The Bertz CT molecular complexity index is 230. The summed E-state index contributed by atoms with van der Waals surface area (Å²) in [6.07, 6.45) is 6.23. The summed E-state index contributed by atoms with van der Waals surface area (Å²) in [5.41, 5.74) is 4.18. The molecule has 2 heteroatoms. The third kappa shape index (κ3) is 2.05. The van der Waals surface area contributed by atoms with Gasteiger partial charge in [0, 0.05) is 5.57 Å². The zero-order valence-electron chi connectivity index (χ0n) is 6.25. The van der Waals surface area contributed by atoms with E-state index < -0.39 is 0 Å². The van der Waals surface area contributed by atoms with Gasteiger partial charge >= 0.3 is 0 Å². The summed E-state index contributed by atoms with van der Waals surface area (Å²) >= 11 is 0. The van der Waals surface area contributed by atoms with Crippen LogP contribution in [0.4, 0.5) is 0 Å². The molecule has 0 bridgehead atoms. The third-order valence-electron chi connectivity index (χ3n) is 1.63. The van der Waals surface area contributed by atoms with Crippen molar-refractivity contribution in [2.45, 2.75) is 6.10 Å². The molecule has 0 saturated carbocycles. The van der Waals surface area contributed by atoms with Crippen LogP contribution in [-0.2, 0) is 9.47 Å². The van der Waals surface area contributed by atoms with E-state index in [1.165, 1.54) is 0 Å². The standard InChI is InChI=1S/C9H10O2/c1-2-4-8(3-1)5-10-6-9-7-11-9/h1-3,9H,5-7H2. The molecule has 1 saturated heterocycles. The van der Waals surface area contributed by atoms with Crippen molar-refractivity contribution in [3.8, 4) is 0 Å². The fourth-order valence-corrected chi connectivity index (χ4v) is 0.922. The van der Waals surface area contributed by atoms with Gasteiger partial charge in [0.2, 0.25) is 0 Å². The molecule has 1 heterocycles. The fourth-order valence-electron chi connectivity index (χ4n) is 0.922. The van der Waals surface area contributed by atoms with Crippen LogP contribution in [0.15, 0.2) is 29.5 Å². The molecule has 1 fully saturated rings. The van der Waals surface area contributed by atoms with Crippen LogP contribution < -0.4 is 0 Å². The van der Waals surface area contributed by atoms with Gasteiger partial charge in [-0.25, -0.2) is 0 Å². The monoisotopic (exact) mass is 150 g/mol. The molecule has 1 aliphatic heterocycles. The molecular weight excluding hydrogens is 140 g/mol. The lowest BCUT2D eigenvalue weighted by Gasteiger charge is -1.98. The van der Waals surface area contributed by atoms with Crippen LogP contribution in [0.25, 0.3) is 0 Å². The summed E-state index contributed by atoms with van der Waals surface area (Å²) in [7, 11) is 0. The number of hydrogen-bond donors (Lipinski definition) is 0. The van der Waals surface area contributed by atoms with Gasteiger partial charge in [-0.3, -0.25) is 0 Å². The number of hydrogen-bond acceptors (Lipinski definition) is 2. The van der Waals surface area contributed by atoms with Crippen molar-refractivity contribution in [1.29, 1.82) is 0 Å². The second-order valence-electron chi connectivity index (χ2n) is 2.67. The van der Waals surface area contributed by atoms with E-state index in [1.54, 1.807) is 0 Å². The summed E-state index contributed by atoms with van der Waals surface area (Å²) in [6.45, 7) is 2.25. The largest absolute Gasteiger partial charge is 0.373 e. The van der Waals surface area contributed by atoms with Crippen molar-refractivity contribution in [2.75, 3.05) is 19.8 Å². The lowest BCUT2D eigenvalue weighted by atomic mass is 10.3. The highest BCUT2D eigenvalue weighted by molar-refractivity contribution is 5.29. The Morgan fingerprint density at radius 1 is 1.73 bits per heavy atom. The van der Waals surface area contributed by atoms with Crippen molar-refractivity contribution in [2.24, 2.45) is 0 Å². The molecule has 2 rings (SSSR count). The Morgan fingerprint density at radius 3 is 3.27 bits per heavy atom. The summed E-state index contributed by atoms with van der Waals surface area (Å²) < 4.78 is 10.3. The van der Waals surface area contributed by atoms with E-state index in [2.05, 4.69) is 5.73 Å². The molecule has 0 aromatic heterocycles. The molecule has 2 nitrogen and oxygen atoms in total. The topological polar surface area (TPSA) is 21.8 Å². The maximum Gasteiger partial charge on any atom is 0.104 e. The minimum atomic E-state index is 0.366. The Hall–Kier alpha value is -0.820. The van der Waals surface area contributed by atoms with E-state index in [0.29, 0.717) is 12.7 Å². The van der Waals surface area contributed by atoms with Gasteiger partial charge in [-0.05, 0) is 12.2 Å². The summed E-state index contributed by atoms with van der Waals surface area (Å²) in [6, 6.07) is 0. The summed E-state index contributed by atoms with van der Waals surface area (Å²) in [5, 5.41) is 0. The van der Waals surface area contributed by atoms with Gasteiger partial charge in [-0.2, -0.15) is 0 Å². The average Bonchev–Trinajstić information content (AvgIpc) is 2.66. The van der Waals surface area contributed by atoms with Crippen molar-refractivity contribution in [3.05, 3.63) is 29.5 Å². The molecule has 0 radical (unpaired) electrons. The van der Waals surface area contributed by atoms with E-state index in [4.69, 9.17) is 9.47 Å². The van der Waals surface area contributed by atoms with Crippen LogP contribution in [0.3, 0.4) is 0 Å². The number of rotatable bonds is 4. The van der Waals surface area contributed by atoms with Crippen LogP contribution in [0, 0.1) is 0 Å². The van der Waals surface area contributed by atoms with Crippen molar-refractivity contribution >= 4 is 0 Å². The highest BCUT2D eigenvalue weighted by Gasteiger charge is 2.22. The van der Waals surface area contributed by atoms with Gasteiger partial charge in [0.15, 0.2) is 0 Å². The molecule has 0 spiro atoms. The molecule has 1 aliphatic carbocycles. The molecule has 2 aliphatic rings. The highest BCUT2D eigenvalue weighted by Crippen LogP contribution is 2.10. The van der Waals surface area contributed by atoms with E-state index in [0.717, 1.165) is 18.8 Å². The van der Waals surface area contributed by atoms with E-state index >= 15 is 0 Å². The van der Waals surface area contributed by atoms with Crippen molar-refractivity contribution in [1.82, 2.24) is 0 Å². The average molecular weight is 150 g/mol. The van der Waals surface area contributed by atoms with Crippen molar-refractivity contribution < 1.29 is 9.47 Å². The lowest BCUT2D eigenvalue weighted by Crippen LogP contribution is -2.02. The molecule has 0 aromatic carbocycles. The fraction of sp³-hybridized carbons (Fsp3) is 0.444. The van der Waals surface area contributed by atoms with Gasteiger partial charge in [0.05, 0.1) is 19.8 Å². The molecule has 58 valence electrons. The zero-order chi connectivity index (χ0) is 7.52. The van der Waals surface area contributed by atoms with Gasteiger partial charge in [0.1, 0.15) is 6.10 Å². The van der Waals surface area contributed by atoms with Crippen molar-refractivity contribution in [3.63, 3.8) is 0 Å². The minimum Gasteiger partial charge on any atom is -0.373 e. The van der Waals surface area contributed by atoms with E-state index in [9.17, 15) is 0 Å². The van der Waals surface area contributed by atoms with Gasteiger partial charge in [0.25, 0.3) is 0 Å².